The van der Waals surface area contributed by atoms with Crippen molar-refractivity contribution in [3.05, 3.63) is 33.8 Å². The third kappa shape index (κ3) is 4.28. The number of carbonyl (C=O) groups is 2. The summed E-state index contributed by atoms with van der Waals surface area (Å²) in [5.74, 6) is -1.08. The number of carboxylic acid groups (broad SMARTS) is 1. The Morgan fingerprint density at radius 3 is 2.45 bits per heavy atom. The van der Waals surface area contributed by atoms with Crippen LogP contribution in [0.4, 0.5) is 4.79 Å². The van der Waals surface area contributed by atoms with Gasteiger partial charge in [-0.25, -0.2) is 9.59 Å². The molecule has 0 bridgehead atoms. The molecule has 20 heavy (non-hydrogen) atoms. The number of hydrogen-bond donors (Lipinski definition) is 3. The second-order valence-electron chi connectivity index (χ2n) is 4.55. The summed E-state index contributed by atoms with van der Waals surface area (Å²) in [5, 5.41) is 14.9. The monoisotopic (exact) mass is 318 g/mol. The molecule has 1 aromatic carbocycles. The van der Waals surface area contributed by atoms with Crippen LogP contribution in [0.5, 0.6) is 0 Å². The molecule has 1 rings (SSSR count). The number of hydrogen-bond acceptors (Lipinski definition) is 2. The Labute approximate surface area is 127 Å². The van der Waals surface area contributed by atoms with Crippen molar-refractivity contribution < 1.29 is 14.7 Å². The van der Waals surface area contributed by atoms with Crippen molar-refractivity contribution in [1.82, 2.24) is 10.6 Å². The molecule has 0 spiro atoms. The fraction of sp³-hybridized carbons (Fsp3) is 0.385. The number of halogens is 2. The van der Waals surface area contributed by atoms with Gasteiger partial charge in [-0.05, 0) is 31.0 Å². The quantitative estimate of drug-likeness (QED) is 0.780. The van der Waals surface area contributed by atoms with Crippen molar-refractivity contribution in [1.29, 1.82) is 0 Å². The van der Waals surface area contributed by atoms with Crippen molar-refractivity contribution in [3.8, 4) is 0 Å². The number of amides is 2. The van der Waals surface area contributed by atoms with Gasteiger partial charge in [0.1, 0.15) is 5.54 Å². The lowest BCUT2D eigenvalue weighted by Gasteiger charge is -2.24. The smallest absolute Gasteiger partial charge is 0.329 e. The van der Waals surface area contributed by atoms with Gasteiger partial charge in [-0.1, -0.05) is 36.2 Å². The summed E-state index contributed by atoms with van der Waals surface area (Å²) in [5.41, 5.74) is -0.523. The summed E-state index contributed by atoms with van der Waals surface area (Å²) in [6, 6.07) is 4.44. The normalized spacial score (nSPS) is 13.4. The van der Waals surface area contributed by atoms with E-state index in [9.17, 15) is 9.59 Å². The topological polar surface area (TPSA) is 78.4 Å². The van der Waals surface area contributed by atoms with Crippen molar-refractivity contribution >= 4 is 35.2 Å². The fourth-order valence-electron chi connectivity index (χ4n) is 1.42. The lowest BCUT2D eigenvalue weighted by Crippen LogP contribution is -2.54. The molecular formula is C13H16Cl2N2O3. The first-order chi connectivity index (χ1) is 9.28. The summed E-state index contributed by atoms with van der Waals surface area (Å²) in [6.45, 7) is 3.36. The van der Waals surface area contributed by atoms with E-state index in [2.05, 4.69) is 10.6 Å². The summed E-state index contributed by atoms with van der Waals surface area (Å²) in [6.07, 6.45) is 0.280. The minimum absolute atomic E-state index is 0.224. The summed E-state index contributed by atoms with van der Waals surface area (Å²) in [4.78, 5) is 22.8. The molecule has 1 unspecified atom stereocenters. The van der Waals surface area contributed by atoms with Crippen LogP contribution in [0.25, 0.3) is 0 Å². The SMILES string of the molecule is CCC(C)(NC(=O)NCc1ccc(Cl)c(Cl)c1)C(=O)O. The van der Waals surface area contributed by atoms with Crippen molar-refractivity contribution in [2.45, 2.75) is 32.4 Å². The predicted molar refractivity (Wildman–Crippen MR) is 78.2 cm³/mol. The molecule has 0 aliphatic carbocycles. The maximum atomic E-state index is 11.7. The van der Waals surface area contributed by atoms with Gasteiger partial charge in [0.25, 0.3) is 0 Å². The second kappa shape index (κ2) is 6.81. The van der Waals surface area contributed by atoms with Crippen LogP contribution in [-0.4, -0.2) is 22.6 Å². The van der Waals surface area contributed by atoms with Crippen LogP contribution in [0.2, 0.25) is 10.0 Å². The first kappa shape index (κ1) is 16.6. The molecule has 0 saturated heterocycles. The highest BCUT2D eigenvalue weighted by atomic mass is 35.5. The third-order valence-electron chi connectivity index (χ3n) is 3.01. The number of carboxylic acids is 1. The number of carbonyl (C=O) groups excluding carboxylic acids is 1. The van der Waals surface area contributed by atoms with E-state index in [-0.39, 0.29) is 13.0 Å². The molecular weight excluding hydrogens is 303 g/mol. The van der Waals surface area contributed by atoms with Gasteiger partial charge in [0.2, 0.25) is 0 Å². The largest absolute Gasteiger partial charge is 0.480 e. The Balaban J connectivity index is 2.59. The van der Waals surface area contributed by atoms with E-state index in [0.29, 0.717) is 10.0 Å². The van der Waals surface area contributed by atoms with E-state index in [1.807, 2.05) is 0 Å². The van der Waals surface area contributed by atoms with Gasteiger partial charge < -0.3 is 15.7 Å². The highest BCUT2D eigenvalue weighted by molar-refractivity contribution is 6.42. The average molecular weight is 319 g/mol. The van der Waals surface area contributed by atoms with E-state index < -0.39 is 17.5 Å². The summed E-state index contributed by atoms with van der Waals surface area (Å²) in [7, 11) is 0. The zero-order chi connectivity index (χ0) is 15.3. The fourth-order valence-corrected chi connectivity index (χ4v) is 1.74. The van der Waals surface area contributed by atoms with Gasteiger partial charge in [0.05, 0.1) is 10.0 Å². The van der Waals surface area contributed by atoms with Gasteiger partial charge in [0.15, 0.2) is 0 Å². The number of benzene rings is 1. The lowest BCUT2D eigenvalue weighted by molar-refractivity contribution is -0.143. The molecule has 0 saturated carbocycles. The van der Waals surface area contributed by atoms with Crippen LogP contribution in [0.3, 0.4) is 0 Å². The maximum Gasteiger partial charge on any atom is 0.329 e. The molecule has 110 valence electrons. The molecule has 5 nitrogen and oxygen atoms in total. The summed E-state index contributed by atoms with van der Waals surface area (Å²) >= 11 is 11.6. The highest BCUT2D eigenvalue weighted by Gasteiger charge is 2.32. The Morgan fingerprint density at radius 2 is 1.95 bits per heavy atom. The summed E-state index contributed by atoms with van der Waals surface area (Å²) < 4.78 is 0. The Hall–Kier alpha value is -1.46. The van der Waals surface area contributed by atoms with Crippen LogP contribution >= 0.6 is 23.2 Å². The van der Waals surface area contributed by atoms with E-state index >= 15 is 0 Å². The first-order valence-corrected chi connectivity index (χ1v) is 6.77. The van der Waals surface area contributed by atoms with E-state index in [0.717, 1.165) is 5.56 Å². The molecule has 0 heterocycles. The molecule has 2 amide bonds. The van der Waals surface area contributed by atoms with Crippen LogP contribution in [0.1, 0.15) is 25.8 Å². The average Bonchev–Trinajstić information content (AvgIpc) is 2.39. The molecule has 0 aromatic heterocycles. The van der Waals surface area contributed by atoms with Gasteiger partial charge in [-0.2, -0.15) is 0 Å². The Bertz CT molecular complexity index is 522. The number of aliphatic carboxylic acids is 1. The molecule has 3 N–H and O–H groups in total. The van der Waals surface area contributed by atoms with Crippen molar-refractivity contribution in [2.24, 2.45) is 0 Å². The van der Waals surface area contributed by atoms with Gasteiger partial charge >= 0.3 is 12.0 Å². The molecule has 0 fully saturated rings. The predicted octanol–water partition coefficient (Wildman–Crippen LogP) is 3.05. The van der Waals surface area contributed by atoms with Crippen LogP contribution < -0.4 is 10.6 Å². The van der Waals surface area contributed by atoms with Crippen LogP contribution in [0.15, 0.2) is 18.2 Å². The minimum Gasteiger partial charge on any atom is -0.480 e. The maximum absolute atomic E-state index is 11.7. The zero-order valence-corrected chi connectivity index (χ0v) is 12.7. The molecule has 7 heteroatoms. The highest BCUT2D eigenvalue weighted by Crippen LogP contribution is 2.22. The number of urea groups is 1. The van der Waals surface area contributed by atoms with E-state index in [1.54, 1.807) is 25.1 Å². The first-order valence-electron chi connectivity index (χ1n) is 6.02. The lowest BCUT2D eigenvalue weighted by atomic mass is 10.00. The molecule has 0 aliphatic heterocycles. The number of rotatable bonds is 5. The minimum atomic E-state index is -1.29. The Morgan fingerprint density at radius 1 is 1.30 bits per heavy atom. The van der Waals surface area contributed by atoms with Crippen LogP contribution in [0, 0.1) is 0 Å². The van der Waals surface area contributed by atoms with Crippen molar-refractivity contribution in [3.63, 3.8) is 0 Å². The molecule has 1 atom stereocenters. The number of nitrogens with one attached hydrogen (secondary N) is 2. The van der Waals surface area contributed by atoms with Crippen LogP contribution in [-0.2, 0) is 11.3 Å². The van der Waals surface area contributed by atoms with Gasteiger partial charge in [-0.3, -0.25) is 0 Å². The van der Waals surface area contributed by atoms with Gasteiger partial charge in [0, 0.05) is 6.54 Å². The molecule has 0 radical (unpaired) electrons. The van der Waals surface area contributed by atoms with E-state index in [1.165, 1.54) is 6.92 Å². The zero-order valence-electron chi connectivity index (χ0n) is 11.2. The standard InChI is InChI=1S/C13H16Cl2N2O3/c1-3-13(2,11(18)19)17-12(20)16-7-8-4-5-9(14)10(15)6-8/h4-6H,3,7H2,1-2H3,(H,18,19)(H2,16,17,20). The van der Waals surface area contributed by atoms with Gasteiger partial charge in [-0.15, -0.1) is 0 Å². The molecule has 0 aliphatic rings. The van der Waals surface area contributed by atoms with Crippen molar-refractivity contribution in [2.75, 3.05) is 0 Å². The molecule has 1 aromatic rings. The second-order valence-corrected chi connectivity index (χ2v) is 5.36. The Kier molecular flexibility index (Phi) is 5.65. The third-order valence-corrected chi connectivity index (χ3v) is 3.74. The van der Waals surface area contributed by atoms with E-state index in [4.69, 9.17) is 28.3 Å².